The van der Waals surface area contributed by atoms with Gasteiger partial charge in [-0.05, 0) is 26.2 Å². The van der Waals surface area contributed by atoms with Gasteiger partial charge in [0, 0.05) is 10.8 Å². The van der Waals surface area contributed by atoms with Crippen LogP contribution in [-0.2, 0) is 9.53 Å². The fraction of sp³-hybridized carbons (Fsp3) is 0.917. The number of fused-ring (bicyclic) bond motifs is 3. The van der Waals surface area contributed by atoms with Gasteiger partial charge in [0.05, 0.1) is 11.8 Å². The first kappa shape index (κ1) is 12.3. The molecule has 5 heteroatoms. The van der Waals surface area contributed by atoms with E-state index >= 15 is 0 Å². The molecule has 0 saturated carbocycles. The molecular formula is C12H19NO4. The third-order valence-corrected chi connectivity index (χ3v) is 4.72. The number of hydrogen-bond acceptors (Lipinski definition) is 4. The molecule has 2 saturated heterocycles. The van der Waals surface area contributed by atoms with Gasteiger partial charge in [-0.25, -0.2) is 0 Å². The van der Waals surface area contributed by atoms with Gasteiger partial charge in [-0.2, -0.15) is 0 Å². The van der Waals surface area contributed by atoms with E-state index in [-0.39, 0.29) is 28.6 Å². The van der Waals surface area contributed by atoms with Crippen LogP contribution >= 0.6 is 0 Å². The first-order chi connectivity index (χ1) is 7.87. The summed E-state index contributed by atoms with van der Waals surface area (Å²) in [4.78, 5) is 23.0. The van der Waals surface area contributed by atoms with Crippen molar-refractivity contribution >= 4 is 5.97 Å². The highest BCUT2D eigenvalue weighted by molar-refractivity contribution is 5.74. The summed E-state index contributed by atoms with van der Waals surface area (Å²) in [5.41, 5.74) is -0.672. The molecule has 2 heterocycles. The Bertz CT molecular complexity index is 356. The average molecular weight is 241 g/mol. The summed E-state index contributed by atoms with van der Waals surface area (Å²) in [6, 6.07) is -0.684. The van der Waals surface area contributed by atoms with Crippen molar-refractivity contribution in [3.8, 4) is 0 Å². The van der Waals surface area contributed by atoms with Gasteiger partial charge >= 0.3 is 5.97 Å². The van der Waals surface area contributed by atoms with Gasteiger partial charge in [0.25, 0.3) is 0 Å². The maximum absolute atomic E-state index is 12.0. The highest BCUT2D eigenvalue weighted by Crippen LogP contribution is 2.44. The third-order valence-electron chi connectivity index (χ3n) is 4.72. The van der Waals surface area contributed by atoms with Gasteiger partial charge in [-0.15, -0.1) is 0 Å². The van der Waals surface area contributed by atoms with E-state index in [1.54, 1.807) is 0 Å². The Morgan fingerprint density at radius 1 is 1.47 bits per heavy atom. The van der Waals surface area contributed by atoms with Crippen LogP contribution in [0.1, 0.15) is 40.0 Å². The number of rotatable bonds is 1. The maximum atomic E-state index is 12.0. The molecule has 0 unspecified atom stereocenters. The third kappa shape index (κ3) is 1.81. The van der Waals surface area contributed by atoms with Crippen LogP contribution in [0.5, 0.6) is 0 Å². The molecule has 96 valence electrons. The number of esters is 1. The van der Waals surface area contributed by atoms with E-state index in [0.717, 1.165) is 12.8 Å². The fourth-order valence-electron chi connectivity index (χ4n) is 3.37. The largest absolute Gasteiger partial charge is 0.459 e. The summed E-state index contributed by atoms with van der Waals surface area (Å²) < 4.78 is 5.54. The van der Waals surface area contributed by atoms with Crippen LogP contribution in [0, 0.1) is 27.9 Å². The lowest BCUT2D eigenvalue weighted by atomic mass is 9.71. The molecule has 0 amide bonds. The number of carbonyl (C=O) groups excluding carboxylic acids is 1. The number of carbonyl (C=O) groups is 1. The molecule has 5 atom stereocenters. The van der Waals surface area contributed by atoms with Gasteiger partial charge in [0.2, 0.25) is 6.04 Å². The van der Waals surface area contributed by atoms with Gasteiger partial charge < -0.3 is 4.74 Å². The monoisotopic (exact) mass is 241 g/mol. The SMILES string of the molecule is C[C@H]1[C@@H]([N+](=O)[O-])[C@@H](C)[C@@]2(C)CCC[C@H]1C(=O)O2. The minimum atomic E-state index is -0.684. The van der Waals surface area contributed by atoms with Crippen molar-refractivity contribution in [2.45, 2.75) is 51.7 Å². The lowest BCUT2D eigenvalue weighted by molar-refractivity contribution is -0.545. The lowest BCUT2D eigenvalue weighted by Gasteiger charge is -2.35. The van der Waals surface area contributed by atoms with Crippen LogP contribution in [0.2, 0.25) is 0 Å². The summed E-state index contributed by atoms with van der Waals surface area (Å²) in [6.45, 7) is 5.49. The number of hydrogen-bond donors (Lipinski definition) is 0. The highest BCUT2D eigenvalue weighted by atomic mass is 16.6. The molecule has 17 heavy (non-hydrogen) atoms. The molecule has 0 aliphatic carbocycles. The molecule has 2 fully saturated rings. The first-order valence-corrected chi connectivity index (χ1v) is 6.23. The summed E-state index contributed by atoms with van der Waals surface area (Å²) in [6.07, 6.45) is 2.35. The smallest absolute Gasteiger partial charge is 0.310 e. The van der Waals surface area contributed by atoms with E-state index in [9.17, 15) is 14.9 Å². The second-order valence-corrected chi connectivity index (χ2v) is 5.66. The molecular weight excluding hydrogens is 222 g/mol. The van der Waals surface area contributed by atoms with Crippen molar-refractivity contribution in [3.63, 3.8) is 0 Å². The molecule has 0 radical (unpaired) electrons. The normalized spacial score (nSPS) is 45.9. The Kier molecular flexibility index (Phi) is 2.87. The predicted octanol–water partition coefficient (Wildman–Crippen LogP) is 2.02. The first-order valence-electron chi connectivity index (χ1n) is 6.23. The summed E-state index contributed by atoms with van der Waals surface area (Å²) in [7, 11) is 0. The molecule has 2 bridgehead atoms. The van der Waals surface area contributed by atoms with Gasteiger partial charge in [-0.1, -0.05) is 13.8 Å². The van der Waals surface area contributed by atoms with Crippen molar-refractivity contribution < 1.29 is 14.5 Å². The zero-order valence-electron chi connectivity index (χ0n) is 10.5. The van der Waals surface area contributed by atoms with E-state index in [4.69, 9.17) is 4.74 Å². The fourth-order valence-corrected chi connectivity index (χ4v) is 3.37. The molecule has 2 aliphatic heterocycles. The second kappa shape index (κ2) is 3.96. The molecule has 0 aromatic heterocycles. The lowest BCUT2D eigenvalue weighted by Crippen LogP contribution is -2.47. The number of nitrogens with zero attached hydrogens (tertiary/aromatic N) is 1. The standard InChI is InChI=1S/C12H19NO4/c1-7-9-5-4-6-12(3,17-11(9)14)8(2)10(7)13(15)16/h7-10H,4-6H2,1-3H3/t7-,8-,9-,10-,12-/m1/s1. The Balaban J connectivity index is 2.46. The van der Waals surface area contributed by atoms with E-state index in [1.807, 2.05) is 20.8 Å². The molecule has 5 nitrogen and oxygen atoms in total. The van der Waals surface area contributed by atoms with Crippen LogP contribution < -0.4 is 0 Å². The van der Waals surface area contributed by atoms with Crippen molar-refractivity contribution in [2.75, 3.05) is 0 Å². The molecule has 0 spiro atoms. The predicted molar refractivity (Wildman–Crippen MR) is 60.9 cm³/mol. The summed E-state index contributed by atoms with van der Waals surface area (Å²) >= 11 is 0. The Hall–Kier alpha value is -1.13. The minimum Gasteiger partial charge on any atom is -0.459 e. The second-order valence-electron chi connectivity index (χ2n) is 5.66. The quantitative estimate of drug-likeness (QED) is 0.400. The summed E-state index contributed by atoms with van der Waals surface area (Å²) in [5.74, 6) is -1.03. The Labute approximate surface area is 101 Å². The molecule has 0 N–H and O–H groups in total. The average Bonchev–Trinajstić information content (AvgIpc) is 2.39. The summed E-state index contributed by atoms with van der Waals surface area (Å²) in [5, 5.41) is 11.2. The molecule has 2 rings (SSSR count). The van der Waals surface area contributed by atoms with Crippen LogP contribution in [0.25, 0.3) is 0 Å². The molecule has 0 aromatic rings. The van der Waals surface area contributed by atoms with Gasteiger partial charge in [0.15, 0.2) is 0 Å². The van der Waals surface area contributed by atoms with E-state index in [2.05, 4.69) is 0 Å². The van der Waals surface area contributed by atoms with Gasteiger partial charge in [0.1, 0.15) is 5.60 Å². The zero-order valence-corrected chi connectivity index (χ0v) is 10.5. The van der Waals surface area contributed by atoms with E-state index in [1.165, 1.54) is 0 Å². The van der Waals surface area contributed by atoms with Crippen molar-refractivity contribution in [1.29, 1.82) is 0 Å². The van der Waals surface area contributed by atoms with E-state index in [0.29, 0.717) is 6.42 Å². The Morgan fingerprint density at radius 3 is 2.71 bits per heavy atom. The van der Waals surface area contributed by atoms with E-state index < -0.39 is 11.6 Å². The van der Waals surface area contributed by atoms with Crippen LogP contribution in [-0.4, -0.2) is 22.5 Å². The number of ether oxygens (including phenoxy) is 1. The van der Waals surface area contributed by atoms with Crippen molar-refractivity contribution in [3.05, 3.63) is 10.1 Å². The van der Waals surface area contributed by atoms with Crippen molar-refractivity contribution in [1.82, 2.24) is 0 Å². The molecule has 2 aliphatic rings. The molecule has 0 aromatic carbocycles. The van der Waals surface area contributed by atoms with Gasteiger partial charge in [-0.3, -0.25) is 14.9 Å². The highest BCUT2D eigenvalue weighted by Gasteiger charge is 2.55. The van der Waals surface area contributed by atoms with Crippen LogP contribution in [0.3, 0.4) is 0 Å². The minimum absolute atomic E-state index is 0.228. The van der Waals surface area contributed by atoms with Crippen molar-refractivity contribution in [2.24, 2.45) is 17.8 Å². The van der Waals surface area contributed by atoms with Crippen LogP contribution in [0.4, 0.5) is 0 Å². The number of nitro groups is 1. The topological polar surface area (TPSA) is 69.4 Å². The Morgan fingerprint density at radius 2 is 2.12 bits per heavy atom. The zero-order chi connectivity index (χ0) is 12.8. The maximum Gasteiger partial charge on any atom is 0.310 e. The van der Waals surface area contributed by atoms with Crippen LogP contribution in [0.15, 0.2) is 0 Å².